The minimum absolute atomic E-state index is 0.0976. The molecule has 1 aliphatic carbocycles. The molecule has 3 atom stereocenters. The van der Waals surface area contributed by atoms with Gasteiger partial charge in [-0.25, -0.2) is 4.79 Å². The third kappa shape index (κ3) is 5.76. The number of likely N-dealkylation sites (tertiary alicyclic amines) is 1. The number of hydrogen-bond donors (Lipinski definition) is 1. The number of rotatable bonds is 7. The molecule has 0 aromatic heterocycles. The van der Waals surface area contributed by atoms with E-state index in [1.165, 1.54) is 0 Å². The highest BCUT2D eigenvalue weighted by molar-refractivity contribution is 5.74. The summed E-state index contributed by atoms with van der Waals surface area (Å²) in [5, 5.41) is 3.40. The summed E-state index contributed by atoms with van der Waals surface area (Å²) in [7, 11) is 2.18. The molecule has 32 heavy (non-hydrogen) atoms. The van der Waals surface area contributed by atoms with Crippen LogP contribution in [0.4, 0.5) is 4.79 Å². The van der Waals surface area contributed by atoms with Gasteiger partial charge in [-0.1, -0.05) is 6.92 Å². The SMILES string of the molecule is CCCN1C[C@@H](NC(=O)N(CC)CCN2CCN(C)CC2)C[C@@H]2CC3(CC[C@H]21)OCCO3. The lowest BCUT2D eigenvalue weighted by atomic mass is 9.74. The topological polar surface area (TPSA) is 60.5 Å². The number of likely N-dealkylation sites (N-methyl/N-ethyl adjacent to an activating group) is 2. The van der Waals surface area contributed by atoms with E-state index in [-0.39, 0.29) is 17.9 Å². The van der Waals surface area contributed by atoms with Gasteiger partial charge in [-0.2, -0.15) is 0 Å². The molecule has 0 aromatic rings. The van der Waals surface area contributed by atoms with Crippen LogP contribution in [0, 0.1) is 5.92 Å². The molecule has 4 fully saturated rings. The van der Waals surface area contributed by atoms with Crippen molar-refractivity contribution in [2.75, 3.05) is 79.2 Å². The van der Waals surface area contributed by atoms with Gasteiger partial charge in [-0.05, 0) is 45.7 Å². The Hall–Kier alpha value is -0.930. The fourth-order valence-electron chi connectivity index (χ4n) is 6.23. The van der Waals surface area contributed by atoms with Crippen molar-refractivity contribution in [3.8, 4) is 0 Å². The second-order valence-corrected chi connectivity index (χ2v) is 10.3. The van der Waals surface area contributed by atoms with E-state index in [0.29, 0.717) is 12.0 Å². The van der Waals surface area contributed by atoms with E-state index in [9.17, 15) is 4.79 Å². The number of piperidine rings is 1. The smallest absolute Gasteiger partial charge is 0.317 e. The van der Waals surface area contributed by atoms with Crippen LogP contribution in [0.3, 0.4) is 0 Å². The molecule has 1 saturated carbocycles. The number of urea groups is 1. The Labute approximate surface area is 194 Å². The predicted molar refractivity (Wildman–Crippen MR) is 126 cm³/mol. The van der Waals surface area contributed by atoms with Gasteiger partial charge in [0, 0.05) is 77.3 Å². The van der Waals surface area contributed by atoms with Crippen molar-refractivity contribution in [1.29, 1.82) is 0 Å². The molecule has 1 spiro atoms. The van der Waals surface area contributed by atoms with Gasteiger partial charge in [-0.3, -0.25) is 9.80 Å². The van der Waals surface area contributed by atoms with E-state index in [1.54, 1.807) is 0 Å². The summed E-state index contributed by atoms with van der Waals surface area (Å²) in [5.41, 5.74) is 0. The number of carbonyl (C=O) groups excluding carboxylic acids is 1. The maximum absolute atomic E-state index is 13.2. The van der Waals surface area contributed by atoms with Crippen LogP contribution < -0.4 is 5.32 Å². The van der Waals surface area contributed by atoms with Crippen LogP contribution in [-0.4, -0.2) is 123 Å². The molecular formula is C24H45N5O3. The standard InChI is InChI=1S/C24H45N5O3/c1-4-8-29-19-21(17-20-18-24(7-6-22(20)29)31-15-16-32-24)25-23(30)28(5-2)14-13-27-11-9-26(3)10-12-27/h20-22H,4-19H2,1-3H3,(H,25,30)/t20-,21+,22-/m1/s1. The summed E-state index contributed by atoms with van der Waals surface area (Å²) in [4.78, 5) is 22.6. The van der Waals surface area contributed by atoms with Crippen molar-refractivity contribution in [2.45, 2.75) is 63.8 Å². The second kappa shape index (κ2) is 11.0. The Morgan fingerprint density at radius 2 is 1.88 bits per heavy atom. The number of amides is 2. The molecule has 4 rings (SSSR count). The fraction of sp³-hybridized carbons (Fsp3) is 0.958. The van der Waals surface area contributed by atoms with Crippen molar-refractivity contribution in [3.63, 3.8) is 0 Å². The highest BCUT2D eigenvalue weighted by Gasteiger charge is 2.49. The monoisotopic (exact) mass is 451 g/mol. The summed E-state index contributed by atoms with van der Waals surface area (Å²) in [6, 6.07) is 0.894. The van der Waals surface area contributed by atoms with Crippen molar-refractivity contribution < 1.29 is 14.3 Å². The highest BCUT2D eigenvalue weighted by atomic mass is 16.7. The lowest BCUT2D eigenvalue weighted by Crippen LogP contribution is -2.60. The van der Waals surface area contributed by atoms with E-state index in [4.69, 9.17) is 9.47 Å². The normalized spacial score (nSPS) is 31.5. The zero-order valence-corrected chi connectivity index (χ0v) is 20.6. The first-order chi connectivity index (χ1) is 15.5. The molecule has 0 unspecified atom stereocenters. The molecule has 184 valence electrons. The third-order valence-electron chi connectivity index (χ3n) is 8.05. The lowest BCUT2D eigenvalue weighted by Gasteiger charge is -2.51. The molecule has 4 aliphatic rings. The molecule has 3 saturated heterocycles. The largest absolute Gasteiger partial charge is 0.348 e. The molecule has 8 nitrogen and oxygen atoms in total. The first-order valence-electron chi connectivity index (χ1n) is 13.0. The van der Waals surface area contributed by atoms with E-state index >= 15 is 0 Å². The van der Waals surface area contributed by atoms with Gasteiger partial charge in [0.25, 0.3) is 0 Å². The van der Waals surface area contributed by atoms with Gasteiger partial charge in [0.1, 0.15) is 0 Å². The van der Waals surface area contributed by atoms with Crippen LogP contribution in [0.25, 0.3) is 0 Å². The van der Waals surface area contributed by atoms with Crippen LogP contribution in [0.1, 0.15) is 46.0 Å². The van der Waals surface area contributed by atoms with Crippen LogP contribution >= 0.6 is 0 Å². The van der Waals surface area contributed by atoms with Crippen molar-refractivity contribution >= 4 is 6.03 Å². The number of nitrogens with zero attached hydrogens (tertiary/aromatic N) is 4. The Morgan fingerprint density at radius 3 is 2.56 bits per heavy atom. The predicted octanol–water partition coefficient (Wildman–Crippen LogP) is 1.66. The molecule has 8 heteroatoms. The van der Waals surface area contributed by atoms with Crippen LogP contribution in [0.2, 0.25) is 0 Å². The summed E-state index contributed by atoms with van der Waals surface area (Å²) in [5.74, 6) is 0.163. The first-order valence-corrected chi connectivity index (χ1v) is 13.0. The quantitative estimate of drug-likeness (QED) is 0.635. The molecule has 3 heterocycles. The maximum atomic E-state index is 13.2. The Bertz CT molecular complexity index is 606. The van der Waals surface area contributed by atoms with Crippen molar-refractivity contribution in [2.24, 2.45) is 5.92 Å². The van der Waals surface area contributed by atoms with E-state index < -0.39 is 0 Å². The first kappa shape index (κ1) is 24.2. The average molecular weight is 452 g/mol. The van der Waals surface area contributed by atoms with Gasteiger partial charge in [-0.15, -0.1) is 0 Å². The van der Waals surface area contributed by atoms with Crippen LogP contribution in [-0.2, 0) is 9.47 Å². The zero-order valence-electron chi connectivity index (χ0n) is 20.6. The van der Waals surface area contributed by atoms with Crippen LogP contribution in [0.15, 0.2) is 0 Å². The molecule has 3 aliphatic heterocycles. The van der Waals surface area contributed by atoms with Gasteiger partial charge in [0.15, 0.2) is 5.79 Å². The highest BCUT2D eigenvalue weighted by Crippen LogP contribution is 2.44. The Kier molecular flexibility index (Phi) is 8.32. The minimum atomic E-state index is -0.358. The molecular weight excluding hydrogens is 406 g/mol. The number of fused-ring (bicyclic) bond motifs is 1. The maximum Gasteiger partial charge on any atom is 0.317 e. The van der Waals surface area contributed by atoms with E-state index in [2.05, 4.69) is 40.9 Å². The Balaban J connectivity index is 1.31. The average Bonchev–Trinajstić information content (AvgIpc) is 3.23. The summed E-state index contributed by atoms with van der Waals surface area (Å²) in [6.45, 7) is 14.8. The molecule has 0 radical (unpaired) electrons. The van der Waals surface area contributed by atoms with Crippen molar-refractivity contribution in [1.82, 2.24) is 24.9 Å². The molecule has 0 aromatic carbocycles. The molecule has 0 bridgehead atoms. The number of hydrogen-bond acceptors (Lipinski definition) is 6. The molecule has 1 N–H and O–H groups in total. The van der Waals surface area contributed by atoms with Gasteiger partial charge < -0.3 is 24.6 Å². The molecule has 2 amide bonds. The van der Waals surface area contributed by atoms with Crippen LogP contribution in [0.5, 0.6) is 0 Å². The van der Waals surface area contributed by atoms with Gasteiger partial charge >= 0.3 is 6.03 Å². The zero-order chi connectivity index (χ0) is 22.6. The second-order valence-electron chi connectivity index (χ2n) is 10.3. The summed E-state index contributed by atoms with van der Waals surface area (Å²) >= 11 is 0. The number of nitrogens with one attached hydrogen (secondary N) is 1. The lowest BCUT2D eigenvalue weighted by molar-refractivity contribution is -0.201. The number of ether oxygens (including phenoxy) is 2. The fourth-order valence-corrected chi connectivity index (χ4v) is 6.23. The number of carbonyl (C=O) groups is 1. The third-order valence-corrected chi connectivity index (χ3v) is 8.05. The van der Waals surface area contributed by atoms with Crippen molar-refractivity contribution in [3.05, 3.63) is 0 Å². The minimum Gasteiger partial charge on any atom is -0.348 e. The Morgan fingerprint density at radius 1 is 1.12 bits per heavy atom. The summed E-state index contributed by atoms with van der Waals surface area (Å²) in [6.07, 6.45) is 5.28. The summed E-state index contributed by atoms with van der Waals surface area (Å²) < 4.78 is 12.1. The van der Waals surface area contributed by atoms with Gasteiger partial charge in [0.05, 0.1) is 13.2 Å². The van der Waals surface area contributed by atoms with E-state index in [1.807, 2.05) is 4.90 Å². The van der Waals surface area contributed by atoms with Gasteiger partial charge in [0.2, 0.25) is 0 Å². The van der Waals surface area contributed by atoms with E-state index in [0.717, 1.165) is 104 Å². The number of piperazine rings is 1.